The molecule has 1 fully saturated rings. The zero-order valence-corrected chi connectivity index (χ0v) is 16.8. The molecule has 0 bridgehead atoms. The van der Waals surface area contributed by atoms with Crippen LogP contribution >= 0.6 is 0 Å². The molecule has 2 heterocycles. The number of imidazole rings is 1. The summed E-state index contributed by atoms with van der Waals surface area (Å²) in [6.07, 6.45) is 5.87. The first-order valence-electron chi connectivity index (χ1n) is 9.40. The number of piperidine rings is 1. The molecule has 25 heavy (non-hydrogen) atoms. The number of nitrogens with zero attached hydrogens (tertiary/aromatic N) is 3. The molecule has 0 aliphatic carbocycles. The molecule has 2 rings (SSSR count). The lowest BCUT2D eigenvalue weighted by Crippen LogP contribution is -2.41. The zero-order chi connectivity index (χ0) is 18.6. The predicted octanol–water partition coefficient (Wildman–Crippen LogP) is 2.46. The van der Waals surface area contributed by atoms with Gasteiger partial charge >= 0.3 is 0 Å². The largest absolute Gasteiger partial charge is 0.395 e. The van der Waals surface area contributed by atoms with Gasteiger partial charge in [0.25, 0.3) is 0 Å². The van der Waals surface area contributed by atoms with Crippen LogP contribution in [-0.4, -0.2) is 52.4 Å². The van der Waals surface area contributed by atoms with Crippen LogP contribution in [0.4, 0.5) is 0 Å². The third-order valence-electron chi connectivity index (χ3n) is 5.03. The van der Waals surface area contributed by atoms with Gasteiger partial charge < -0.3 is 9.67 Å². The molecule has 144 valence electrons. The van der Waals surface area contributed by atoms with E-state index < -0.39 is 15.1 Å². The number of aromatic nitrogens is 2. The first kappa shape index (κ1) is 20.4. The Hall–Kier alpha value is -0.920. The number of aliphatic hydroxyl groups is 1. The quantitative estimate of drug-likeness (QED) is 0.760. The summed E-state index contributed by atoms with van der Waals surface area (Å²) in [6, 6.07) is 0.160. The van der Waals surface area contributed by atoms with Crippen molar-refractivity contribution in [1.29, 1.82) is 0 Å². The Bertz CT molecular complexity index is 653. The van der Waals surface area contributed by atoms with Crippen LogP contribution in [0.3, 0.4) is 0 Å². The Morgan fingerprint density at radius 1 is 1.28 bits per heavy atom. The lowest BCUT2D eigenvalue weighted by atomic mass is 10.0. The van der Waals surface area contributed by atoms with Crippen LogP contribution in [0.1, 0.15) is 59.1 Å². The number of rotatable bonds is 8. The van der Waals surface area contributed by atoms with Gasteiger partial charge in [0, 0.05) is 19.1 Å². The van der Waals surface area contributed by atoms with Crippen molar-refractivity contribution in [3.63, 3.8) is 0 Å². The smallest absolute Gasteiger partial charge is 0.228 e. The first-order chi connectivity index (χ1) is 11.8. The van der Waals surface area contributed by atoms with Gasteiger partial charge in [-0.2, -0.15) is 0 Å². The highest BCUT2D eigenvalue weighted by Gasteiger charge is 2.28. The molecule has 1 atom stereocenters. The number of hydrogen-bond acceptors (Lipinski definition) is 5. The third-order valence-corrected chi connectivity index (χ3v) is 7.11. The Morgan fingerprint density at radius 3 is 2.60 bits per heavy atom. The van der Waals surface area contributed by atoms with E-state index in [2.05, 4.69) is 23.7 Å². The van der Waals surface area contributed by atoms with Crippen molar-refractivity contribution >= 4 is 9.84 Å². The normalized spacial score (nSPS) is 19.9. The van der Waals surface area contributed by atoms with E-state index in [1.165, 1.54) is 0 Å². The highest BCUT2D eigenvalue weighted by molar-refractivity contribution is 7.91. The Morgan fingerprint density at radius 2 is 2.00 bits per heavy atom. The summed E-state index contributed by atoms with van der Waals surface area (Å²) < 4.78 is 27.3. The second-order valence-electron chi connectivity index (χ2n) is 7.76. The van der Waals surface area contributed by atoms with Crippen LogP contribution in [0.2, 0.25) is 0 Å². The standard InChI is InChI=1S/C18H33N3O3S/c1-14(2)8-10-21-17(11-19-18(21)25(23,24)15(3)4)12-20-9-6-5-7-16(20)13-22/h11,14-16,22H,5-10,12-13H2,1-4H3. The van der Waals surface area contributed by atoms with Gasteiger partial charge in [-0.1, -0.05) is 20.3 Å². The first-order valence-corrected chi connectivity index (χ1v) is 10.9. The maximum absolute atomic E-state index is 12.7. The summed E-state index contributed by atoms with van der Waals surface area (Å²) in [5.41, 5.74) is 0.931. The highest BCUT2D eigenvalue weighted by Crippen LogP contribution is 2.23. The van der Waals surface area contributed by atoms with E-state index >= 15 is 0 Å². The predicted molar refractivity (Wildman–Crippen MR) is 99.1 cm³/mol. The van der Waals surface area contributed by atoms with E-state index in [4.69, 9.17) is 0 Å². The third kappa shape index (κ3) is 4.83. The van der Waals surface area contributed by atoms with Gasteiger partial charge in [0.1, 0.15) is 0 Å². The van der Waals surface area contributed by atoms with Crippen LogP contribution in [0, 0.1) is 5.92 Å². The Labute approximate surface area is 152 Å². The van der Waals surface area contributed by atoms with Crippen molar-refractivity contribution in [1.82, 2.24) is 14.5 Å². The van der Waals surface area contributed by atoms with Crippen molar-refractivity contribution in [3.8, 4) is 0 Å². The molecule has 0 aromatic carbocycles. The average Bonchev–Trinajstić information content (AvgIpc) is 2.96. The van der Waals surface area contributed by atoms with Gasteiger partial charge in [0.2, 0.25) is 15.0 Å². The number of hydrogen-bond donors (Lipinski definition) is 1. The molecule has 1 aliphatic rings. The average molecular weight is 372 g/mol. The number of likely N-dealkylation sites (tertiary alicyclic amines) is 1. The molecule has 1 aromatic heterocycles. The molecule has 0 radical (unpaired) electrons. The second kappa shape index (κ2) is 8.64. The fraction of sp³-hybridized carbons (Fsp3) is 0.833. The van der Waals surface area contributed by atoms with E-state index in [0.717, 1.165) is 37.9 Å². The molecule has 1 aliphatic heterocycles. The van der Waals surface area contributed by atoms with Crippen molar-refractivity contribution in [2.75, 3.05) is 13.2 Å². The van der Waals surface area contributed by atoms with Gasteiger partial charge in [0.05, 0.1) is 23.7 Å². The number of sulfone groups is 1. The number of aliphatic hydroxyl groups excluding tert-OH is 1. The van der Waals surface area contributed by atoms with Crippen LogP contribution in [0.5, 0.6) is 0 Å². The SMILES string of the molecule is CC(C)CCn1c(CN2CCCCC2CO)cnc1S(=O)(=O)C(C)C. The monoisotopic (exact) mass is 371 g/mol. The lowest BCUT2D eigenvalue weighted by Gasteiger charge is -2.34. The van der Waals surface area contributed by atoms with Crippen molar-refractivity contribution in [2.24, 2.45) is 5.92 Å². The van der Waals surface area contributed by atoms with Crippen LogP contribution in [0.15, 0.2) is 11.4 Å². The molecule has 0 saturated carbocycles. The highest BCUT2D eigenvalue weighted by atomic mass is 32.2. The molecule has 6 nitrogen and oxygen atoms in total. The van der Waals surface area contributed by atoms with Gasteiger partial charge in [-0.25, -0.2) is 13.4 Å². The van der Waals surface area contributed by atoms with Crippen molar-refractivity contribution < 1.29 is 13.5 Å². The summed E-state index contributed by atoms with van der Waals surface area (Å²) in [4.78, 5) is 6.55. The van der Waals surface area contributed by atoms with Gasteiger partial charge in [-0.05, 0) is 45.6 Å². The summed E-state index contributed by atoms with van der Waals surface area (Å²) in [6.45, 7) is 10.1. The molecular weight excluding hydrogens is 338 g/mol. The van der Waals surface area contributed by atoms with Crippen molar-refractivity contribution in [2.45, 2.75) is 82.9 Å². The van der Waals surface area contributed by atoms with Crippen LogP contribution in [-0.2, 0) is 22.9 Å². The van der Waals surface area contributed by atoms with Gasteiger partial charge in [-0.15, -0.1) is 0 Å². The fourth-order valence-electron chi connectivity index (χ4n) is 3.27. The van der Waals surface area contributed by atoms with Crippen LogP contribution < -0.4 is 0 Å². The van der Waals surface area contributed by atoms with E-state index in [-0.39, 0.29) is 17.8 Å². The molecular formula is C18H33N3O3S. The zero-order valence-electron chi connectivity index (χ0n) is 16.0. The summed E-state index contributed by atoms with van der Waals surface area (Å²) in [7, 11) is -3.41. The maximum Gasteiger partial charge on any atom is 0.228 e. The molecule has 1 N–H and O–H groups in total. The molecule has 7 heteroatoms. The van der Waals surface area contributed by atoms with Crippen LogP contribution in [0.25, 0.3) is 0 Å². The summed E-state index contributed by atoms with van der Waals surface area (Å²) in [5.74, 6) is 0.491. The summed E-state index contributed by atoms with van der Waals surface area (Å²) >= 11 is 0. The minimum absolute atomic E-state index is 0.150. The van der Waals surface area contributed by atoms with E-state index in [1.807, 2.05) is 4.57 Å². The molecule has 1 saturated heterocycles. The van der Waals surface area contributed by atoms with E-state index in [1.54, 1.807) is 20.0 Å². The molecule has 1 aromatic rings. The fourth-order valence-corrected chi connectivity index (χ4v) is 4.40. The molecule has 0 spiro atoms. The maximum atomic E-state index is 12.7. The van der Waals surface area contributed by atoms with E-state index in [9.17, 15) is 13.5 Å². The molecule has 1 unspecified atom stereocenters. The van der Waals surface area contributed by atoms with Gasteiger partial charge in [0.15, 0.2) is 0 Å². The molecule has 0 amide bonds. The lowest BCUT2D eigenvalue weighted by molar-refractivity contribution is 0.0818. The Balaban J connectivity index is 2.32. The van der Waals surface area contributed by atoms with Gasteiger partial charge in [-0.3, -0.25) is 4.90 Å². The summed E-state index contributed by atoms with van der Waals surface area (Å²) in [5, 5.41) is 9.34. The second-order valence-corrected chi connectivity index (χ2v) is 10.2. The minimum atomic E-state index is -3.41. The minimum Gasteiger partial charge on any atom is -0.395 e. The topological polar surface area (TPSA) is 75.4 Å². The Kier molecular flexibility index (Phi) is 7.05. The van der Waals surface area contributed by atoms with E-state index in [0.29, 0.717) is 19.0 Å². The van der Waals surface area contributed by atoms with Crippen molar-refractivity contribution in [3.05, 3.63) is 11.9 Å².